The van der Waals surface area contributed by atoms with Gasteiger partial charge in [0.1, 0.15) is 0 Å². The van der Waals surface area contributed by atoms with Crippen molar-refractivity contribution < 1.29 is 14.8 Å². The fourth-order valence-electron chi connectivity index (χ4n) is 1.13. The Morgan fingerprint density at radius 3 is 1.50 bits per heavy atom. The van der Waals surface area contributed by atoms with E-state index in [0.29, 0.717) is 13.2 Å². The summed E-state index contributed by atoms with van der Waals surface area (Å²) < 4.78 is 0. The molecule has 1 fully saturated rings. The maximum absolute atomic E-state index is 4.35. The van der Waals surface area contributed by atoms with Crippen LogP contribution in [0.5, 0.6) is 0 Å². The molecule has 1 aliphatic rings. The Balaban J connectivity index is 0.000000249. The Labute approximate surface area is 87.6 Å². The van der Waals surface area contributed by atoms with Crippen molar-refractivity contribution in [2.45, 2.75) is 58.8 Å². The van der Waals surface area contributed by atoms with Gasteiger partial charge in [-0.3, -0.25) is 0 Å². The Kier molecular flexibility index (Phi) is 12.8. The van der Waals surface area contributed by atoms with Crippen LogP contribution in [0.15, 0.2) is 0 Å². The second-order valence-corrected chi connectivity index (χ2v) is 3.48. The molecule has 0 atom stereocenters. The third-order valence-corrected chi connectivity index (χ3v) is 2.01. The molecular formula is C11H24O3. The fraction of sp³-hybridized carbons (Fsp3) is 1.00. The number of hydrogen-bond acceptors (Lipinski definition) is 3. The van der Waals surface area contributed by atoms with Crippen molar-refractivity contribution in [1.29, 1.82) is 0 Å². The van der Waals surface area contributed by atoms with E-state index in [1.165, 1.54) is 38.5 Å². The monoisotopic (exact) mass is 204 g/mol. The van der Waals surface area contributed by atoms with Gasteiger partial charge < -0.3 is 0 Å². The van der Waals surface area contributed by atoms with E-state index in [4.69, 9.17) is 0 Å². The summed E-state index contributed by atoms with van der Waals surface area (Å²) in [5, 5.41) is 4.07. The zero-order valence-corrected chi connectivity index (χ0v) is 9.59. The standard InChI is InChI=1S/C8H18.C3H6O3/c1-3-5-7-8-6-4-2;1-2-4-6-5-3-1/h3-8H2,1-2H3;1-3H2. The molecule has 0 aromatic carbocycles. The number of unbranched alkanes of at least 4 members (excludes halogenated alkanes) is 5. The molecule has 0 radical (unpaired) electrons. The second-order valence-electron chi connectivity index (χ2n) is 3.48. The lowest BCUT2D eigenvalue weighted by Gasteiger charge is -2.06. The maximum Gasteiger partial charge on any atom is 0.0877 e. The third-order valence-electron chi connectivity index (χ3n) is 2.01. The molecule has 3 nitrogen and oxygen atoms in total. The first-order valence-electron chi connectivity index (χ1n) is 5.82. The first kappa shape index (κ1) is 13.9. The zero-order chi connectivity index (χ0) is 10.5. The van der Waals surface area contributed by atoms with Crippen molar-refractivity contribution in [3.8, 4) is 0 Å². The molecule has 0 aliphatic carbocycles. The van der Waals surface area contributed by atoms with Crippen LogP contribution in [-0.2, 0) is 14.8 Å². The highest BCUT2D eigenvalue weighted by molar-refractivity contribution is 4.39. The van der Waals surface area contributed by atoms with Crippen LogP contribution in [-0.4, -0.2) is 13.2 Å². The van der Waals surface area contributed by atoms with Crippen LogP contribution in [0.4, 0.5) is 0 Å². The summed E-state index contributed by atoms with van der Waals surface area (Å²) in [7, 11) is 0. The lowest BCUT2D eigenvalue weighted by Crippen LogP contribution is -2.08. The SMILES string of the molecule is C1COOOC1.CCCCCCCC. The molecule has 0 N–H and O–H groups in total. The van der Waals surface area contributed by atoms with Crippen LogP contribution in [0.25, 0.3) is 0 Å². The lowest BCUT2D eigenvalue weighted by molar-refractivity contribution is -0.532. The Morgan fingerprint density at radius 1 is 0.786 bits per heavy atom. The summed E-state index contributed by atoms with van der Waals surface area (Å²) in [4.78, 5) is 8.69. The minimum Gasteiger partial charge on any atom is -0.206 e. The average Bonchev–Trinajstić information content (AvgIpc) is 2.28. The van der Waals surface area contributed by atoms with Gasteiger partial charge >= 0.3 is 0 Å². The molecule has 3 heteroatoms. The molecular weight excluding hydrogens is 180 g/mol. The summed E-state index contributed by atoms with van der Waals surface area (Å²) in [6.45, 7) is 5.82. The highest BCUT2D eigenvalue weighted by Crippen LogP contribution is 2.03. The average molecular weight is 204 g/mol. The first-order chi connectivity index (χ1) is 6.91. The van der Waals surface area contributed by atoms with Crippen LogP contribution >= 0.6 is 0 Å². The van der Waals surface area contributed by atoms with Crippen molar-refractivity contribution in [3.63, 3.8) is 0 Å². The highest BCUT2D eigenvalue weighted by Gasteiger charge is 1.96. The largest absolute Gasteiger partial charge is 0.206 e. The fourth-order valence-corrected chi connectivity index (χ4v) is 1.13. The number of rotatable bonds is 5. The minimum atomic E-state index is 0.653. The van der Waals surface area contributed by atoms with Crippen LogP contribution in [0, 0.1) is 0 Å². The van der Waals surface area contributed by atoms with Crippen molar-refractivity contribution in [3.05, 3.63) is 0 Å². The van der Waals surface area contributed by atoms with E-state index < -0.39 is 0 Å². The van der Waals surface area contributed by atoms with E-state index in [2.05, 4.69) is 28.7 Å². The zero-order valence-electron chi connectivity index (χ0n) is 9.59. The predicted molar refractivity (Wildman–Crippen MR) is 56.7 cm³/mol. The van der Waals surface area contributed by atoms with Gasteiger partial charge in [-0.05, 0) is 0 Å². The molecule has 0 aromatic heterocycles. The van der Waals surface area contributed by atoms with E-state index in [9.17, 15) is 0 Å². The van der Waals surface area contributed by atoms with Gasteiger partial charge in [-0.15, -0.1) is 0 Å². The summed E-state index contributed by atoms with van der Waals surface area (Å²) in [6.07, 6.45) is 9.42. The highest BCUT2D eigenvalue weighted by atomic mass is 17.5. The van der Waals surface area contributed by atoms with Crippen molar-refractivity contribution in [2.24, 2.45) is 0 Å². The quantitative estimate of drug-likeness (QED) is 0.505. The van der Waals surface area contributed by atoms with Crippen LogP contribution in [0.1, 0.15) is 58.8 Å². The molecule has 0 amide bonds. The van der Waals surface area contributed by atoms with Gasteiger partial charge in [-0.2, -0.15) is 0 Å². The molecule has 1 aliphatic heterocycles. The predicted octanol–water partition coefficient (Wildman–Crippen LogP) is 3.64. The van der Waals surface area contributed by atoms with Gasteiger partial charge in [-0.1, -0.05) is 57.4 Å². The van der Waals surface area contributed by atoms with E-state index >= 15 is 0 Å². The third kappa shape index (κ3) is 11.9. The lowest BCUT2D eigenvalue weighted by atomic mass is 10.1. The smallest absolute Gasteiger partial charge is 0.0877 e. The van der Waals surface area contributed by atoms with Crippen molar-refractivity contribution in [1.82, 2.24) is 0 Å². The summed E-state index contributed by atoms with van der Waals surface area (Å²) in [5.41, 5.74) is 0. The van der Waals surface area contributed by atoms with Gasteiger partial charge in [0.25, 0.3) is 0 Å². The van der Waals surface area contributed by atoms with Crippen LogP contribution < -0.4 is 0 Å². The Bertz CT molecular complexity index is 75.0. The molecule has 0 aromatic rings. The van der Waals surface area contributed by atoms with Gasteiger partial charge in [0, 0.05) is 6.42 Å². The molecule has 1 saturated heterocycles. The minimum absolute atomic E-state index is 0.653. The van der Waals surface area contributed by atoms with Gasteiger partial charge in [-0.25, -0.2) is 9.78 Å². The molecule has 86 valence electrons. The maximum atomic E-state index is 4.35. The molecule has 1 rings (SSSR count). The Hall–Kier alpha value is -0.120. The van der Waals surface area contributed by atoms with Gasteiger partial charge in [0.05, 0.1) is 13.2 Å². The van der Waals surface area contributed by atoms with Crippen LogP contribution in [0.3, 0.4) is 0 Å². The summed E-state index contributed by atoms with van der Waals surface area (Å²) >= 11 is 0. The van der Waals surface area contributed by atoms with E-state index in [-0.39, 0.29) is 0 Å². The van der Waals surface area contributed by atoms with E-state index in [1.807, 2.05) is 0 Å². The molecule has 14 heavy (non-hydrogen) atoms. The number of hydrogen-bond donors (Lipinski definition) is 0. The molecule has 0 bridgehead atoms. The summed E-state index contributed by atoms with van der Waals surface area (Å²) in [5.74, 6) is 0. The topological polar surface area (TPSA) is 27.7 Å². The van der Waals surface area contributed by atoms with Crippen molar-refractivity contribution in [2.75, 3.05) is 13.2 Å². The molecule has 0 saturated carbocycles. The van der Waals surface area contributed by atoms with E-state index in [1.54, 1.807) is 0 Å². The van der Waals surface area contributed by atoms with Gasteiger partial charge in [0.2, 0.25) is 0 Å². The molecule has 0 unspecified atom stereocenters. The Morgan fingerprint density at radius 2 is 1.29 bits per heavy atom. The first-order valence-corrected chi connectivity index (χ1v) is 5.82. The van der Waals surface area contributed by atoms with Crippen LogP contribution in [0.2, 0.25) is 0 Å². The molecule has 1 heterocycles. The van der Waals surface area contributed by atoms with E-state index in [0.717, 1.165) is 6.42 Å². The molecule has 0 spiro atoms. The van der Waals surface area contributed by atoms with Crippen molar-refractivity contribution >= 4 is 0 Å². The summed E-state index contributed by atoms with van der Waals surface area (Å²) in [6, 6.07) is 0. The second kappa shape index (κ2) is 12.9. The van der Waals surface area contributed by atoms with Gasteiger partial charge in [0.15, 0.2) is 0 Å². The normalized spacial score (nSPS) is 15.9.